The monoisotopic (exact) mass is 290 g/mol. The summed E-state index contributed by atoms with van der Waals surface area (Å²) in [5, 5.41) is 0. The van der Waals surface area contributed by atoms with Gasteiger partial charge in [-0.05, 0) is 36.8 Å². The molecule has 1 aliphatic rings. The number of para-hydroxylation sites is 2. The molecule has 20 heavy (non-hydrogen) atoms. The summed E-state index contributed by atoms with van der Waals surface area (Å²) in [5.41, 5.74) is 2.82. The van der Waals surface area contributed by atoms with Crippen LogP contribution < -0.4 is 0 Å². The van der Waals surface area contributed by atoms with Gasteiger partial charge in [0.05, 0.1) is 11.0 Å². The average Bonchev–Trinajstić information content (AvgIpc) is 2.76. The Kier molecular flexibility index (Phi) is 3.76. The molecule has 0 bridgehead atoms. The average molecular weight is 291 g/mol. The fraction of sp³-hybridized carbons (Fsp3) is 0.588. The number of aryl methyl sites for hydroxylation is 1. The standard InChI is InChI=1S/C17H23ClN2/c1-17(2)10-5-6-13(12-17)20-15-8-4-3-7-14(15)19-16(20)9-11-18/h3-4,7-8,13H,5-6,9-12H2,1-2H3. The Morgan fingerprint density at radius 1 is 1.35 bits per heavy atom. The van der Waals surface area contributed by atoms with E-state index < -0.39 is 0 Å². The molecule has 1 atom stereocenters. The van der Waals surface area contributed by atoms with Gasteiger partial charge in [0.2, 0.25) is 0 Å². The van der Waals surface area contributed by atoms with Crippen molar-refractivity contribution < 1.29 is 0 Å². The highest BCUT2D eigenvalue weighted by Crippen LogP contribution is 2.42. The summed E-state index contributed by atoms with van der Waals surface area (Å²) >= 11 is 5.98. The minimum atomic E-state index is 0.437. The SMILES string of the molecule is CC1(C)CCCC(n2c(CCCl)nc3ccccc32)C1. The minimum absolute atomic E-state index is 0.437. The van der Waals surface area contributed by atoms with Gasteiger partial charge in [0, 0.05) is 18.3 Å². The molecule has 1 saturated carbocycles. The second kappa shape index (κ2) is 5.40. The molecule has 1 aromatic heterocycles. The third-order valence-electron chi connectivity index (χ3n) is 4.53. The van der Waals surface area contributed by atoms with Gasteiger partial charge in [-0.2, -0.15) is 0 Å². The molecule has 1 unspecified atom stereocenters. The number of fused-ring (bicyclic) bond motifs is 1. The van der Waals surface area contributed by atoms with Crippen LogP contribution in [-0.4, -0.2) is 15.4 Å². The van der Waals surface area contributed by atoms with Crippen LogP contribution in [0.1, 0.15) is 51.4 Å². The van der Waals surface area contributed by atoms with Crippen molar-refractivity contribution in [1.82, 2.24) is 9.55 Å². The van der Waals surface area contributed by atoms with Gasteiger partial charge in [0.15, 0.2) is 0 Å². The highest BCUT2D eigenvalue weighted by atomic mass is 35.5. The van der Waals surface area contributed by atoms with Crippen LogP contribution in [-0.2, 0) is 6.42 Å². The third kappa shape index (κ3) is 2.58. The van der Waals surface area contributed by atoms with Gasteiger partial charge in [-0.1, -0.05) is 32.4 Å². The highest BCUT2D eigenvalue weighted by Gasteiger charge is 2.30. The molecule has 3 heteroatoms. The number of rotatable bonds is 3. The summed E-state index contributed by atoms with van der Waals surface area (Å²) in [6, 6.07) is 9.05. The highest BCUT2D eigenvalue weighted by molar-refractivity contribution is 6.17. The Morgan fingerprint density at radius 2 is 2.15 bits per heavy atom. The number of nitrogens with zero attached hydrogens (tertiary/aromatic N) is 2. The Balaban J connectivity index is 2.06. The van der Waals surface area contributed by atoms with Crippen LogP contribution in [0, 0.1) is 5.41 Å². The quantitative estimate of drug-likeness (QED) is 0.731. The number of halogens is 1. The molecular weight excluding hydrogens is 268 g/mol. The lowest BCUT2D eigenvalue weighted by Gasteiger charge is -2.36. The summed E-state index contributed by atoms with van der Waals surface area (Å²) in [6.45, 7) is 4.78. The molecule has 2 nitrogen and oxygen atoms in total. The van der Waals surface area contributed by atoms with Gasteiger partial charge >= 0.3 is 0 Å². The van der Waals surface area contributed by atoms with Crippen molar-refractivity contribution in [2.45, 2.75) is 52.0 Å². The number of hydrogen-bond donors (Lipinski definition) is 0. The maximum absolute atomic E-state index is 5.98. The maximum Gasteiger partial charge on any atom is 0.111 e. The fourth-order valence-electron chi connectivity index (χ4n) is 3.64. The van der Waals surface area contributed by atoms with Crippen LogP contribution in [0.2, 0.25) is 0 Å². The second-order valence-electron chi connectivity index (χ2n) is 6.74. The van der Waals surface area contributed by atoms with E-state index in [1.54, 1.807) is 0 Å². The van der Waals surface area contributed by atoms with Crippen molar-refractivity contribution in [2.24, 2.45) is 5.41 Å². The molecule has 0 radical (unpaired) electrons. The first kappa shape index (κ1) is 13.9. The van der Waals surface area contributed by atoms with E-state index in [2.05, 4.69) is 42.7 Å². The molecule has 1 heterocycles. The van der Waals surface area contributed by atoms with E-state index in [-0.39, 0.29) is 0 Å². The summed E-state index contributed by atoms with van der Waals surface area (Å²) < 4.78 is 2.47. The van der Waals surface area contributed by atoms with Crippen molar-refractivity contribution in [3.05, 3.63) is 30.1 Å². The molecule has 0 aliphatic heterocycles. The number of aromatic nitrogens is 2. The lowest BCUT2D eigenvalue weighted by molar-refractivity contribution is 0.184. The van der Waals surface area contributed by atoms with Crippen LogP contribution in [0.15, 0.2) is 24.3 Å². The van der Waals surface area contributed by atoms with E-state index in [4.69, 9.17) is 16.6 Å². The topological polar surface area (TPSA) is 17.8 Å². The van der Waals surface area contributed by atoms with Crippen LogP contribution >= 0.6 is 11.6 Å². The maximum atomic E-state index is 5.98. The van der Waals surface area contributed by atoms with E-state index in [1.165, 1.54) is 31.2 Å². The van der Waals surface area contributed by atoms with Gasteiger partial charge in [-0.25, -0.2) is 4.98 Å². The minimum Gasteiger partial charge on any atom is -0.325 e. The summed E-state index contributed by atoms with van der Waals surface area (Å²) in [5.74, 6) is 1.79. The molecule has 0 amide bonds. The van der Waals surface area contributed by atoms with Crippen molar-refractivity contribution in [3.8, 4) is 0 Å². The van der Waals surface area contributed by atoms with Crippen LogP contribution in [0.25, 0.3) is 11.0 Å². The Hall–Kier alpha value is -1.02. The zero-order valence-corrected chi connectivity index (χ0v) is 13.2. The molecule has 1 fully saturated rings. The second-order valence-corrected chi connectivity index (χ2v) is 7.12. The molecule has 1 aromatic carbocycles. The van der Waals surface area contributed by atoms with E-state index >= 15 is 0 Å². The number of hydrogen-bond acceptors (Lipinski definition) is 1. The van der Waals surface area contributed by atoms with Crippen molar-refractivity contribution in [1.29, 1.82) is 0 Å². The van der Waals surface area contributed by atoms with Crippen molar-refractivity contribution in [3.63, 3.8) is 0 Å². The molecule has 108 valence electrons. The van der Waals surface area contributed by atoms with Gasteiger partial charge in [0.1, 0.15) is 5.82 Å². The Labute approximate surface area is 126 Å². The van der Waals surface area contributed by atoms with Crippen LogP contribution in [0.4, 0.5) is 0 Å². The van der Waals surface area contributed by atoms with E-state index in [0.717, 1.165) is 17.8 Å². The molecule has 2 aromatic rings. The van der Waals surface area contributed by atoms with Gasteiger partial charge in [0.25, 0.3) is 0 Å². The number of imidazole rings is 1. The van der Waals surface area contributed by atoms with E-state index in [9.17, 15) is 0 Å². The number of alkyl halides is 1. The Bertz CT molecular complexity index is 600. The molecule has 3 rings (SSSR count). The first-order chi connectivity index (χ1) is 9.61. The largest absolute Gasteiger partial charge is 0.325 e. The first-order valence-corrected chi connectivity index (χ1v) is 8.16. The van der Waals surface area contributed by atoms with Crippen molar-refractivity contribution in [2.75, 3.05) is 5.88 Å². The van der Waals surface area contributed by atoms with Crippen molar-refractivity contribution >= 4 is 22.6 Å². The molecular formula is C17H23ClN2. The van der Waals surface area contributed by atoms with Gasteiger partial charge in [-0.15, -0.1) is 11.6 Å². The fourth-order valence-corrected chi connectivity index (χ4v) is 3.81. The zero-order valence-electron chi connectivity index (χ0n) is 12.4. The lowest BCUT2D eigenvalue weighted by atomic mass is 9.75. The zero-order chi connectivity index (χ0) is 14.2. The predicted molar refractivity (Wildman–Crippen MR) is 85.4 cm³/mol. The lowest BCUT2D eigenvalue weighted by Crippen LogP contribution is -2.26. The Morgan fingerprint density at radius 3 is 2.90 bits per heavy atom. The van der Waals surface area contributed by atoms with E-state index in [0.29, 0.717) is 17.3 Å². The molecule has 1 aliphatic carbocycles. The van der Waals surface area contributed by atoms with Crippen LogP contribution in [0.5, 0.6) is 0 Å². The predicted octanol–water partition coefficient (Wildman–Crippen LogP) is 4.96. The van der Waals surface area contributed by atoms with Gasteiger partial charge < -0.3 is 4.57 Å². The normalized spacial score (nSPS) is 22.2. The van der Waals surface area contributed by atoms with E-state index in [1.807, 2.05) is 0 Å². The van der Waals surface area contributed by atoms with Gasteiger partial charge in [-0.3, -0.25) is 0 Å². The van der Waals surface area contributed by atoms with Crippen LogP contribution in [0.3, 0.4) is 0 Å². The summed E-state index contributed by atoms with van der Waals surface area (Å²) in [6.07, 6.45) is 6.00. The number of benzene rings is 1. The smallest absolute Gasteiger partial charge is 0.111 e. The molecule has 0 N–H and O–H groups in total. The summed E-state index contributed by atoms with van der Waals surface area (Å²) in [7, 11) is 0. The first-order valence-electron chi connectivity index (χ1n) is 7.62. The summed E-state index contributed by atoms with van der Waals surface area (Å²) in [4.78, 5) is 4.80. The molecule has 0 saturated heterocycles. The molecule has 0 spiro atoms. The third-order valence-corrected chi connectivity index (χ3v) is 4.72.